The first-order chi connectivity index (χ1) is 7.04. The second-order valence-corrected chi connectivity index (χ2v) is 5.22. The molecular weight excluding hydrogens is 325 g/mol. The maximum absolute atomic E-state index is 13.5. The first-order valence-electron chi connectivity index (χ1n) is 4.74. The van der Waals surface area contributed by atoms with Crippen molar-refractivity contribution >= 4 is 31.9 Å². The van der Waals surface area contributed by atoms with E-state index in [2.05, 4.69) is 43.7 Å². The van der Waals surface area contributed by atoms with Crippen LogP contribution in [0.5, 0.6) is 0 Å². The number of halogens is 3. The molecule has 15 heavy (non-hydrogen) atoms. The molecule has 0 radical (unpaired) electrons. The third-order valence-electron chi connectivity index (χ3n) is 2.41. The molecule has 0 spiro atoms. The van der Waals surface area contributed by atoms with Crippen LogP contribution in [-0.4, -0.2) is 23.3 Å². The fraction of sp³-hybridized carbons (Fsp3) is 0.455. The van der Waals surface area contributed by atoms with Gasteiger partial charge < -0.3 is 0 Å². The molecule has 84 valence electrons. The molecule has 0 saturated heterocycles. The molecule has 0 fully saturated rings. The minimum atomic E-state index is -0.155. The Morgan fingerprint density at radius 3 is 2.67 bits per heavy atom. The molecular formula is C11H14Br2FN. The Bertz CT molecular complexity index is 330. The lowest BCUT2D eigenvalue weighted by atomic mass is 10.2. The smallest absolute Gasteiger partial charge is 0.128 e. The van der Waals surface area contributed by atoms with Crippen molar-refractivity contribution in [3.05, 3.63) is 34.1 Å². The van der Waals surface area contributed by atoms with Crippen LogP contribution < -0.4 is 0 Å². The molecule has 0 amide bonds. The maximum Gasteiger partial charge on any atom is 0.128 e. The predicted molar refractivity (Wildman–Crippen MR) is 68.8 cm³/mol. The molecule has 0 aliphatic heterocycles. The molecule has 0 saturated carbocycles. The van der Waals surface area contributed by atoms with Crippen molar-refractivity contribution < 1.29 is 4.39 Å². The fourth-order valence-electron chi connectivity index (χ4n) is 1.19. The summed E-state index contributed by atoms with van der Waals surface area (Å²) in [6, 6.07) is 5.58. The third kappa shape index (κ3) is 3.85. The van der Waals surface area contributed by atoms with Gasteiger partial charge in [0.05, 0.1) is 0 Å². The lowest BCUT2D eigenvalue weighted by Gasteiger charge is -2.23. The summed E-state index contributed by atoms with van der Waals surface area (Å²) in [4.78, 5) is 2.11. The first kappa shape index (κ1) is 13.1. The van der Waals surface area contributed by atoms with E-state index in [1.807, 2.05) is 19.2 Å². The van der Waals surface area contributed by atoms with Gasteiger partial charge in [-0.25, -0.2) is 4.39 Å². The summed E-state index contributed by atoms with van der Waals surface area (Å²) in [5.74, 6) is -0.155. The zero-order valence-corrected chi connectivity index (χ0v) is 12.0. The van der Waals surface area contributed by atoms with E-state index in [9.17, 15) is 4.39 Å². The minimum Gasteiger partial charge on any atom is -0.299 e. The van der Waals surface area contributed by atoms with Gasteiger partial charge >= 0.3 is 0 Å². The van der Waals surface area contributed by atoms with E-state index in [4.69, 9.17) is 0 Å². The van der Waals surface area contributed by atoms with Crippen molar-refractivity contribution in [3.63, 3.8) is 0 Å². The Balaban J connectivity index is 2.72. The molecule has 1 aromatic carbocycles. The van der Waals surface area contributed by atoms with E-state index in [1.54, 1.807) is 0 Å². The summed E-state index contributed by atoms with van der Waals surface area (Å²) >= 11 is 6.66. The molecule has 0 N–H and O–H groups in total. The predicted octanol–water partition coefficient (Wildman–Crippen LogP) is 3.80. The van der Waals surface area contributed by atoms with Crippen LogP contribution in [0, 0.1) is 5.82 Å². The van der Waals surface area contributed by atoms with Gasteiger partial charge in [-0.15, -0.1) is 0 Å². The van der Waals surface area contributed by atoms with Crippen LogP contribution in [0.15, 0.2) is 22.7 Å². The summed E-state index contributed by atoms with van der Waals surface area (Å²) in [7, 11) is 1.99. The van der Waals surface area contributed by atoms with Crippen molar-refractivity contribution in [1.29, 1.82) is 0 Å². The number of rotatable bonds is 4. The Hall–Kier alpha value is 0.0700. The molecule has 1 aromatic rings. The highest BCUT2D eigenvalue weighted by atomic mass is 79.9. The average Bonchev–Trinajstić information content (AvgIpc) is 2.20. The van der Waals surface area contributed by atoms with E-state index in [0.29, 0.717) is 12.6 Å². The normalized spacial score (nSPS) is 13.2. The van der Waals surface area contributed by atoms with Crippen LogP contribution in [0.3, 0.4) is 0 Å². The fourth-order valence-corrected chi connectivity index (χ4v) is 2.02. The number of hydrogen-bond donors (Lipinski definition) is 0. The van der Waals surface area contributed by atoms with Crippen LogP contribution >= 0.6 is 31.9 Å². The van der Waals surface area contributed by atoms with E-state index in [1.165, 1.54) is 6.07 Å². The van der Waals surface area contributed by atoms with E-state index in [0.717, 1.165) is 15.4 Å². The Labute approximate surface area is 107 Å². The first-order valence-corrected chi connectivity index (χ1v) is 6.66. The number of nitrogens with zero attached hydrogens (tertiary/aromatic N) is 1. The van der Waals surface area contributed by atoms with Gasteiger partial charge in [-0.2, -0.15) is 0 Å². The van der Waals surface area contributed by atoms with Gasteiger partial charge in [0.15, 0.2) is 0 Å². The third-order valence-corrected chi connectivity index (χ3v) is 3.84. The van der Waals surface area contributed by atoms with Crippen molar-refractivity contribution in [2.75, 3.05) is 12.4 Å². The van der Waals surface area contributed by atoms with Crippen LogP contribution in [0.2, 0.25) is 0 Å². The SMILES string of the molecule is CC(CBr)N(C)Cc1ccc(Br)cc1F. The Kier molecular flexibility index (Phi) is 5.23. The van der Waals surface area contributed by atoms with E-state index < -0.39 is 0 Å². The van der Waals surface area contributed by atoms with Crippen molar-refractivity contribution in [1.82, 2.24) is 4.90 Å². The van der Waals surface area contributed by atoms with Crippen LogP contribution in [0.1, 0.15) is 12.5 Å². The average molecular weight is 339 g/mol. The molecule has 4 heteroatoms. The summed E-state index contributed by atoms with van der Waals surface area (Å²) in [5.41, 5.74) is 0.730. The zero-order valence-electron chi connectivity index (χ0n) is 8.80. The summed E-state index contributed by atoms with van der Waals surface area (Å²) in [5, 5.41) is 0.891. The summed E-state index contributed by atoms with van der Waals surface area (Å²) in [6.45, 7) is 2.73. The van der Waals surface area contributed by atoms with Gasteiger partial charge in [-0.1, -0.05) is 37.9 Å². The molecule has 1 rings (SSSR count). The topological polar surface area (TPSA) is 3.24 Å². The Morgan fingerprint density at radius 2 is 2.13 bits per heavy atom. The molecule has 1 nitrogen and oxygen atoms in total. The zero-order chi connectivity index (χ0) is 11.4. The molecule has 0 bridgehead atoms. The quantitative estimate of drug-likeness (QED) is 0.755. The van der Waals surface area contributed by atoms with Crippen LogP contribution in [-0.2, 0) is 6.54 Å². The molecule has 1 atom stereocenters. The number of hydrogen-bond acceptors (Lipinski definition) is 1. The molecule has 1 unspecified atom stereocenters. The van der Waals surface area contributed by atoms with Gasteiger partial charge in [0.2, 0.25) is 0 Å². The highest BCUT2D eigenvalue weighted by Crippen LogP contribution is 2.17. The van der Waals surface area contributed by atoms with Crippen LogP contribution in [0.25, 0.3) is 0 Å². The van der Waals surface area contributed by atoms with Gasteiger partial charge in [-0.05, 0) is 26.1 Å². The minimum absolute atomic E-state index is 0.155. The van der Waals surface area contributed by atoms with Gasteiger partial charge in [0, 0.05) is 28.0 Å². The van der Waals surface area contributed by atoms with Gasteiger partial charge in [0.25, 0.3) is 0 Å². The van der Waals surface area contributed by atoms with Gasteiger partial charge in [0.1, 0.15) is 5.82 Å². The molecule has 0 aliphatic rings. The van der Waals surface area contributed by atoms with Crippen molar-refractivity contribution in [2.45, 2.75) is 19.5 Å². The standard InChI is InChI=1S/C11H14Br2FN/c1-8(6-12)15(2)7-9-3-4-10(13)5-11(9)14/h3-5,8H,6-7H2,1-2H3. The number of alkyl halides is 1. The number of benzene rings is 1. The van der Waals surface area contributed by atoms with Gasteiger partial charge in [-0.3, -0.25) is 4.90 Å². The van der Waals surface area contributed by atoms with Crippen molar-refractivity contribution in [3.8, 4) is 0 Å². The Morgan fingerprint density at radius 1 is 1.47 bits per heavy atom. The highest BCUT2D eigenvalue weighted by molar-refractivity contribution is 9.10. The molecule has 0 aliphatic carbocycles. The van der Waals surface area contributed by atoms with E-state index >= 15 is 0 Å². The van der Waals surface area contributed by atoms with Crippen molar-refractivity contribution in [2.24, 2.45) is 0 Å². The summed E-state index contributed by atoms with van der Waals surface area (Å²) in [6.07, 6.45) is 0. The lowest BCUT2D eigenvalue weighted by molar-refractivity contribution is 0.267. The molecule has 0 heterocycles. The second kappa shape index (κ2) is 5.97. The highest BCUT2D eigenvalue weighted by Gasteiger charge is 2.10. The molecule has 0 aromatic heterocycles. The maximum atomic E-state index is 13.5. The summed E-state index contributed by atoms with van der Waals surface area (Å²) < 4.78 is 14.3. The van der Waals surface area contributed by atoms with E-state index in [-0.39, 0.29) is 5.82 Å². The second-order valence-electron chi connectivity index (χ2n) is 3.65. The monoisotopic (exact) mass is 337 g/mol. The van der Waals surface area contributed by atoms with Crippen LogP contribution in [0.4, 0.5) is 4.39 Å². The largest absolute Gasteiger partial charge is 0.299 e. The lowest BCUT2D eigenvalue weighted by Crippen LogP contribution is -2.30.